The zero-order chi connectivity index (χ0) is 15.6. The number of hydrogen-bond donors (Lipinski definition) is 0. The highest BCUT2D eigenvalue weighted by atomic mass is 31.2. The Hall–Kier alpha value is -1.68. The summed E-state index contributed by atoms with van der Waals surface area (Å²) in [6, 6.07) is 11.8. The first kappa shape index (κ1) is 15.2. The molecule has 2 aromatic carbocycles. The number of aromatic nitrogens is 1. The molecule has 0 bridgehead atoms. The van der Waals surface area contributed by atoms with Crippen LogP contribution in [-0.2, 0) is 19.8 Å². The van der Waals surface area contributed by atoms with Crippen molar-refractivity contribution in [2.24, 2.45) is 0 Å². The predicted octanol–water partition coefficient (Wildman–Crippen LogP) is 4.75. The van der Waals surface area contributed by atoms with E-state index in [1.165, 1.54) is 0 Å². The summed E-state index contributed by atoms with van der Waals surface area (Å²) < 4.78 is 28.9. The minimum Gasteiger partial charge on any atom is -0.440 e. The lowest BCUT2D eigenvalue weighted by Crippen LogP contribution is -1.99. The van der Waals surface area contributed by atoms with E-state index >= 15 is 0 Å². The maximum absolute atomic E-state index is 12.6. The normalized spacial score (nSPS) is 12.3. The van der Waals surface area contributed by atoms with Crippen molar-refractivity contribution in [3.05, 3.63) is 42.3 Å². The Kier molecular flexibility index (Phi) is 4.30. The molecule has 5 nitrogen and oxygen atoms in total. The monoisotopic (exact) mass is 319 g/mol. The maximum Gasteiger partial charge on any atom is 0.339 e. The molecular formula is C16H18NO4P. The van der Waals surface area contributed by atoms with Gasteiger partial charge in [0.15, 0.2) is 5.58 Å². The summed E-state index contributed by atoms with van der Waals surface area (Å²) >= 11 is 0. The van der Waals surface area contributed by atoms with E-state index < -0.39 is 7.60 Å². The molecule has 0 aliphatic heterocycles. The van der Waals surface area contributed by atoms with E-state index in [2.05, 4.69) is 4.98 Å². The molecular weight excluding hydrogens is 301 g/mol. The van der Waals surface area contributed by atoms with Gasteiger partial charge in [0, 0.05) is 5.39 Å². The smallest absolute Gasteiger partial charge is 0.339 e. The van der Waals surface area contributed by atoms with Gasteiger partial charge in [-0.05, 0) is 25.3 Å². The van der Waals surface area contributed by atoms with Crippen molar-refractivity contribution >= 4 is 29.5 Å². The van der Waals surface area contributed by atoms with Crippen LogP contribution in [-0.4, -0.2) is 18.2 Å². The molecule has 0 unspecified atom stereocenters. The van der Waals surface area contributed by atoms with E-state index in [1.54, 1.807) is 13.8 Å². The van der Waals surface area contributed by atoms with E-state index in [4.69, 9.17) is 13.5 Å². The third-order valence-electron chi connectivity index (χ3n) is 3.31. The van der Waals surface area contributed by atoms with Crippen LogP contribution < -0.4 is 0 Å². The van der Waals surface area contributed by atoms with Crippen LogP contribution in [0.25, 0.3) is 21.9 Å². The van der Waals surface area contributed by atoms with E-state index in [0.717, 1.165) is 16.3 Å². The van der Waals surface area contributed by atoms with Crippen LogP contribution >= 0.6 is 7.60 Å². The van der Waals surface area contributed by atoms with Gasteiger partial charge >= 0.3 is 7.60 Å². The summed E-state index contributed by atoms with van der Waals surface area (Å²) in [5.41, 5.74) is 1.45. The second kappa shape index (κ2) is 6.21. The molecule has 22 heavy (non-hydrogen) atoms. The molecule has 3 rings (SSSR count). The van der Waals surface area contributed by atoms with Crippen LogP contribution in [0.15, 0.2) is 40.8 Å². The second-order valence-electron chi connectivity index (χ2n) is 4.85. The van der Waals surface area contributed by atoms with Crippen LogP contribution in [0.1, 0.15) is 19.7 Å². The number of nitrogens with zero attached hydrogens (tertiary/aromatic N) is 1. The average Bonchev–Trinajstić information content (AvgIpc) is 2.90. The summed E-state index contributed by atoms with van der Waals surface area (Å²) in [6.45, 7) is 4.21. The molecule has 0 spiro atoms. The van der Waals surface area contributed by atoms with Crippen LogP contribution in [0, 0.1) is 0 Å². The van der Waals surface area contributed by atoms with Gasteiger partial charge in [-0.2, -0.15) is 0 Å². The average molecular weight is 319 g/mol. The lowest BCUT2D eigenvalue weighted by atomic mass is 10.1. The standard InChI is InChI=1S/C16H18NO4P/c1-3-19-22(18,20-4-2)11-15-17-16-13-8-6-5-7-12(13)9-10-14(16)21-15/h5-10H,3-4,11H2,1-2H3. The molecule has 0 saturated heterocycles. The van der Waals surface area contributed by atoms with Crippen LogP contribution in [0.4, 0.5) is 0 Å². The van der Waals surface area contributed by atoms with Gasteiger partial charge in [-0.1, -0.05) is 30.3 Å². The van der Waals surface area contributed by atoms with Crippen LogP contribution in [0.2, 0.25) is 0 Å². The predicted molar refractivity (Wildman–Crippen MR) is 86.1 cm³/mol. The van der Waals surface area contributed by atoms with Crippen molar-refractivity contribution in [2.45, 2.75) is 20.0 Å². The summed E-state index contributed by atoms with van der Waals surface area (Å²) in [4.78, 5) is 4.49. The molecule has 6 heteroatoms. The quantitative estimate of drug-likeness (QED) is 0.614. The molecule has 0 atom stereocenters. The lowest BCUT2D eigenvalue weighted by molar-refractivity contribution is 0.217. The third-order valence-corrected chi connectivity index (χ3v) is 5.27. The van der Waals surface area contributed by atoms with Crippen molar-refractivity contribution < 1.29 is 18.0 Å². The van der Waals surface area contributed by atoms with Gasteiger partial charge in [-0.15, -0.1) is 0 Å². The Balaban J connectivity index is 2.01. The minimum absolute atomic E-state index is 0.0394. The van der Waals surface area contributed by atoms with Gasteiger partial charge in [-0.25, -0.2) is 4.98 Å². The van der Waals surface area contributed by atoms with Crippen molar-refractivity contribution in [1.82, 2.24) is 4.98 Å². The third kappa shape index (κ3) is 2.93. The zero-order valence-electron chi connectivity index (χ0n) is 12.6. The van der Waals surface area contributed by atoms with Gasteiger partial charge in [0.2, 0.25) is 5.89 Å². The van der Waals surface area contributed by atoms with Gasteiger partial charge in [0.25, 0.3) is 0 Å². The first-order valence-corrected chi connectivity index (χ1v) is 9.03. The molecule has 0 aliphatic rings. The number of hydrogen-bond acceptors (Lipinski definition) is 5. The van der Waals surface area contributed by atoms with Crippen molar-refractivity contribution in [1.29, 1.82) is 0 Å². The Bertz CT molecular complexity index is 832. The summed E-state index contributed by atoms with van der Waals surface area (Å²) in [6.07, 6.45) is 0.0394. The maximum atomic E-state index is 12.6. The molecule has 1 aromatic heterocycles. The Morgan fingerprint density at radius 2 is 1.82 bits per heavy atom. The lowest BCUT2D eigenvalue weighted by Gasteiger charge is -2.14. The highest BCUT2D eigenvalue weighted by molar-refractivity contribution is 7.52. The molecule has 0 fully saturated rings. The number of benzene rings is 2. The highest BCUT2D eigenvalue weighted by Gasteiger charge is 2.27. The van der Waals surface area contributed by atoms with E-state index in [-0.39, 0.29) is 6.16 Å². The molecule has 3 aromatic rings. The van der Waals surface area contributed by atoms with Crippen molar-refractivity contribution in [2.75, 3.05) is 13.2 Å². The van der Waals surface area contributed by atoms with Crippen molar-refractivity contribution in [3.63, 3.8) is 0 Å². The first-order chi connectivity index (χ1) is 10.6. The Morgan fingerprint density at radius 3 is 2.55 bits per heavy atom. The largest absolute Gasteiger partial charge is 0.440 e. The van der Waals surface area contributed by atoms with Crippen LogP contribution in [0.5, 0.6) is 0 Å². The SMILES string of the molecule is CCOP(=O)(Cc1nc2c(ccc3ccccc32)o1)OCC. The fourth-order valence-electron chi connectivity index (χ4n) is 2.46. The fourth-order valence-corrected chi connectivity index (χ4v) is 3.97. The number of fused-ring (bicyclic) bond motifs is 3. The molecule has 0 amide bonds. The van der Waals surface area contributed by atoms with Gasteiger partial charge in [-0.3, -0.25) is 4.57 Å². The minimum atomic E-state index is -3.21. The molecule has 0 aliphatic carbocycles. The zero-order valence-corrected chi connectivity index (χ0v) is 13.5. The second-order valence-corrected chi connectivity index (χ2v) is 6.90. The van der Waals surface area contributed by atoms with Gasteiger partial charge in [0.1, 0.15) is 11.7 Å². The number of oxazole rings is 1. The molecule has 0 saturated carbocycles. The van der Waals surface area contributed by atoms with E-state index in [0.29, 0.717) is 24.7 Å². The number of rotatable bonds is 6. The summed E-state index contributed by atoms with van der Waals surface area (Å²) in [5, 5.41) is 2.10. The van der Waals surface area contributed by atoms with E-state index in [1.807, 2.05) is 36.4 Å². The van der Waals surface area contributed by atoms with Gasteiger partial charge < -0.3 is 13.5 Å². The summed E-state index contributed by atoms with van der Waals surface area (Å²) in [5.74, 6) is 0.372. The Labute approximate surface area is 128 Å². The highest BCUT2D eigenvalue weighted by Crippen LogP contribution is 2.51. The fraction of sp³-hybridized carbons (Fsp3) is 0.312. The Morgan fingerprint density at radius 1 is 1.09 bits per heavy atom. The van der Waals surface area contributed by atoms with Crippen LogP contribution in [0.3, 0.4) is 0 Å². The molecule has 0 N–H and O–H groups in total. The van der Waals surface area contributed by atoms with Gasteiger partial charge in [0.05, 0.1) is 13.2 Å². The van der Waals surface area contributed by atoms with E-state index in [9.17, 15) is 4.57 Å². The molecule has 116 valence electrons. The molecule has 1 heterocycles. The summed E-state index contributed by atoms with van der Waals surface area (Å²) in [7, 11) is -3.21. The molecule has 0 radical (unpaired) electrons. The first-order valence-electron chi connectivity index (χ1n) is 7.30. The topological polar surface area (TPSA) is 61.6 Å². The van der Waals surface area contributed by atoms with Crippen molar-refractivity contribution in [3.8, 4) is 0 Å².